The molecule has 18 heavy (non-hydrogen) atoms. The quantitative estimate of drug-likeness (QED) is 0.802. The molecule has 0 saturated carbocycles. The molecule has 1 amide bonds. The van der Waals surface area contributed by atoms with Gasteiger partial charge in [-0.15, -0.1) is 11.8 Å². The third-order valence-corrected chi connectivity index (χ3v) is 3.17. The summed E-state index contributed by atoms with van der Waals surface area (Å²) in [5.74, 6) is -1.96. The predicted molar refractivity (Wildman–Crippen MR) is 67.8 cm³/mol. The average Bonchev–Trinajstić information content (AvgIpc) is 2.35. The van der Waals surface area contributed by atoms with Crippen LogP contribution in [0.15, 0.2) is 23.1 Å². The third kappa shape index (κ3) is 3.46. The van der Waals surface area contributed by atoms with Crippen LogP contribution in [0.1, 0.15) is 15.9 Å². The van der Waals surface area contributed by atoms with E-state index < -0.39 is 24.6 Å². The van der Waals surface area contributed by atoms with E-state index in [0.717, 1.165) is 4.90 Å². The lowest BCUT2D eigenvalue weighted by molar-refractivity contribution is -0.139. The number of aliphatic carboxylic acids is 1. The van der Waals surface area contributed by atoms with Gasteiger partial charge in [0.2, 0.25) is 0 Å². The van der Waals surface area contributed by atoms with Crippen molar-refractivity contribution in [2.24, 2.45) is 0 Å². The maximum Gasteiger partial charge on any atom is 0.328 e. The summed E-state index contributed by atoms with van der Waals surface area (Å²) in [6.07, 6.45) is 1.87. The standard InChI is InChI=1S/C12H14FNO3S/c1-7-3-4-8(18-2)5-9(7)11(15)14-10(6-13)12(16)17/h3-5,10H,6H2,1-2H3,(H,14,15)(H,16,17). The normalized spacial score (nSPS) is 11.9. The van der Waals surface area contributed by atoms with Crippen molar-refractivity contribution >= 4 is 23.6 Å². The van der Waals surface area contributed by atoms with Gasteiger partial charge in [-0.25, -0.2) is 9.18 Å². The van der Waals surface area contributed by atoms with Crippen LogP contribution < -0.4 is 5.32 Å². The van der Waals surface area contributed by atoms with Crippen molar-refractivity contribution in [3.05, 3.63) is 29.3 Å². The van der Waals surface area contributed by atoms with E-state index in [1.165, 1.54) is 11.8 Å². The predicted octanol–water partition coefficient (Wildman–Crippen LogP) is 1.87. The highest BCUT2D eigenvalue weighted by atomic mass is 32.2. The van der Waals surface area contributed by atoms with Gasteiger partial charge in [0.05, 0.1) is 0 Å². The number of thioether (sulfide) groups is 1. The Labute approximate surface area is 109 Å². The molecule has 1 aromatic carbocycles. The highest BCUT2D eigenvalue weighted by molar-refractivity contribution is 7.98. The summed E-state index contributed by atoms with van der Waals surface area (Å²) in [6.45, 7) is 0.604. The van der Waals surface area contributed by atoms with Gasteiger partial charge in [-0.05, 0) is 30.9 Å². The van der Waals surface area contributed by atoms with Crippen LogP contribution in [0.3, 0.4) is 0 Å². The van der Waals surface area contributed by atoms with E-state index in [1.807, 2.05) is 12.3 Å². The summed E-state index contributed by atoms with van der Waals surface area (Å²) in [5, 5.41) is 10.8. The first-order valence-corrected chi connectivity index (χ1v) is 6.46. The maximum atomic E-state index is 12.4. The molecular weight excluding hydrogens is 257 g/mol. The molecular formula is C12H14FNO3S. The summed E-state index contributed by atoms with van der Waals surface area (Å²) in [5.41, 5.74) is 1.08. The molecule has 0 heterocycles. The molecule has 0 aliphatic heterocycles. The molecule has 0 aromatic heterocycles. The van der Waals surface area contributed by atoms with Crippen molar-refractivity contribution in [1.29, 1.82) is 0 Å². The van der Waals surface area contributed by atoms with Crippen LogP contribution in [-0.4, -0.2) is 36.0 Å². The van der Waals surface area contributed by atoms with Crippen molar-refractivity contribution in [3.8, 4) is 0 Å². The number of amides is 1. The van der Waals surface area contributed by atoms with Crippen molar-refractivity contribution < 1.29 is 19.1 Å². The van der Waals surface area contributed by atoms with Crippen LogP contribution in [0.2, 0.25) is 0 Å². The molecule has 0 spiro atoms. The molecule has 2 N–H and O–H groups in total. The fourth-order valence-electron chi connectivity index (χ4n) is 1.38. The van der Waals surface area contributed by atoms with Gasteiger partial charge in [-0.3, -0.25) is 4.79 Å². The maximum absolute atomic E-state index is 12.4. The number of rotatable bonds is 5. The fourth-order valence-corrected chi connectivity index (χ4v) is 1.81. The number of hydrogen-bond acceptors (Lipinski definition) is 3. The lowest BCUT2D eigenvalue weighted by Crippen LogP contribution is -2.42. The fraction of sp³-hybridized carbons (Fsp3) is 0.333. The van der Waals surface area contributed by atoms with Crippen molar-refractivity contribution in [1.82, 2.24) is 5.32 Å². The largest absolute Gasteiger partial charge is 0.480 e. The Bertz CT molecular complexity index is 465. The monoisotopic (exact) mass is 271 g/mol. The molecule has 1 atom stereocenters. The SMILES string of the molecule is CSc1ccc(C)c(C(=O)NC(CF)C(=O)O)c1. The van der Waals surface area contributed by atoms with E-state index in [1.54, 1.807) is 19.1 Å². The first kappa shape index (κ1) is 14.5. The number of alkyl halides is 1. The molecule has 4 nitrogen and oxygen atoms in total. The van der Waals surface area contributed by atoms with E-state index >= 15 is 0 Å². The van der Waals surface area contributed by atoms with Gasteiger partial charge in [0, 0.05) is 10.5 Å². The molecule has 0 bridgehead atoms. The zero-order chi connectivity index (χ0) is 13.7. The minimum absolute atomic E-state index is 0.363. The van der Waals surface area contributed by atoms with Gasteiger partial charge in [-0.1, -0.05) is 6.07 Å². The number of carboxylic acid groups (broad SMARTS) is 1. The van der Waals surface area contributed by atoms with E-state index in [2.05, 4.69) is 5.32 Å². The molecule has 6 heteroatoms. The molecule has 0 radical (unpaired) electrons. The first-order chi connectivity index (χ1) is 8.49. The molecule has 0 saturated heterocycles. The molecule has 1 unspecified atom stereocenters. The third-order valence-electron chi connectivity index (χ3n) is 2.45. The van der Waals surface area contributed by atoms with Gasteiger partial charge < -0.3 is 10.4 Å². The Hall–Kier alpha value is -1.56. The van der Waals surface area contributed by atoms with Gasteiger partial charge in [-0.2, -0.15) is 0 Å². The Morgan fingerprint density at radius 3 is 2.67 bits per heavy atom. The van der Waals surface area contributed by atoms with Crippen molar-refractivity contribution in [3.63, 3.8) is 0 Å². The number of halogens is 1. The smallest absolute Gasteiger partial charge is 0.328 e. The summed E-state index contributed by atoms with van der Waals surface area (Å²) >= 11 is 1.47. The number of benzene rings is 1. The Morgan fingerprint density at radius 1 is 1.50 bits per heavy atom. The molecule has 0 aliphatic carbocycles. The number of aryl methyl sites for hydroxylation is 1. The van der Waals surface area contributed by atoms with Crippen LogP contribution in [0.4, 0.5) is 4.39 Å². The van der Waals surface area contributed by atoms with Crippen LogP contribution in [0.25, 0.3) is 0 Å². The van der Waals surface area contributed by atoms with Crippen molar-refractivity contribution in [2.75, 3.05) is 12.9 Å². The summed E-state index contributed by atoms with van der Waals surface area (Å²) in [7, 11) is 0. The molecule has 1 rings (SSSR count). The Morgan fingerprint density at radius 2 is 2.17 bits per heavy atom. The molecule has 1 aromatic rings. The second-order valence-corrected chi connectivity index (χ2v) is 4.58. The zero-order valence-electron chi connectivity index (χ0n) is 10.1. The van der Waals surface area contributed by atoms with Crippen LogP contribution in [-0.2, 0) is 4.79 Å². The van der Waals surface area contributed by atoms with E-state index in [0.29, 0.717) is 11.1 Å². The van der Waals surface area contributed by atoms with Gasteiger partial charge >= 0.3 is 5.97 Å². The molecule has 0 fully saturated rings. The minimum Gasteiger partial charge on any atom is -0.480 e. The topological polar surface area (TPSA) is 66.4 Å². The summed E-state index contributed by atoms with van der Waals surface area (Å²) in [4.78, 5) is 23.4. The number of carbonyl (C=O) groups is 2. The van der Waals surface area contributed by atoms with Crippen LogP contribution >= 0.6 is 11.8 Å². The average molecular weight is 271 g/mol. The van der Waals surface area contributed by atoms with Crippen molar-refractivity contribution in [2.45, 2.75) is 17.9 Å². The van der Waals surface area contributed by atoms with Crippen LogP contribution in [0, 0.1) is 6.92 Å². The van der Waals surface area contributed by atoms with E-state index in [4.69, 9.17) is 5.11 Å². The number of carboxylic acids is 1. The lowest BCUT2D eigenvalue weighted by Gasteiger charge is -2.12. The number of nitrogens with one attached hydrogen (secondary N) is 1. The minimum atomic E-state index is -1.50. The summed E-state index contributed by atoms with van der Waals surface area (Å²) < 4.78 is 12.4. The zero-order valence-corrected chi connectivity index (χ0v) is 10.9. The van der Waals surface area contributed by atoms with E-state index in [-0.39, 0.29) is 0 Å². The van der Waals surface area contributed by atoms with Gasteiger partial charge in [0.25, 0.3) is 5.91 Å². The van der Waals surface area contributed by atoms with Crippen LogP contribution in [0.5, 0.6) is 0 Å². The Balaban J connectivity index is 2.93. The second kappa shape index (κ2) is 6.39. The highest BCUT2D eigenvalue weighted by Crippen LogP contribution is 2.19. The molecule has 98 valence electrons. The summed E-state index contributed by atoms with van der Waals surface area (Å²) in [6, 6.07) is 3.79. The Kier molecular flexibility index (Phi) is 5.15. The highest BCUT2D eigenvalue weighted by Gasteiger charge is 2.21. The first-order valence-electron chi connectivity index (χ1n) is 5.24. The second-order valence-electron chi connectivity index (χ2n) is 3.70. The van der Waals surface area contributed by atoms with E-state index in [9.17, 15) is 14.0 Å². The number of carbonyl (C=O) groups excluding carboxylic acids is 1. The lowest BCUT2D eigenvalue weighted by atomic mass is 10.1. The molecule has 0 aliphatic rings. The van der Waals surface area contributed by atoms with Gasteiger partial charge in [0.15, 0.2) is 6.04 Å². The number of hydrogen-bond donors (Lipinski definition) is 2. The van der Waals surface area contributed by atoms with Gasteiger partial charge in [0.1, 0.15) is 6.67 Å².